The molecule has 1 aliphatic rings. The van der Waals surface area contributed by atoms with E-state index in [1.807, 2.05) is 0 Å². The summed E-state index contributed by atoms with van der Waals surface area (Å²) in [5.41, 5.74) is -0.233. The van der Waals surface area contributed by atoms with Crippen LogP contribution in [0.15, 0.2) is 47.6 Å². The van der Waals surface area contributed by atoms with E-state index < -0.39 is 45.6 Å². The number of sulfonamides is 1. The van der Waals surface area contributed by atoms with E-state index in [9.17, 15) is 26.8 Å². The van der Waals surface area contributed by atoms with Crippen molar-refractivity contribution >= 4 is 27.6 Å². The lowest BCUT2D eigenvalue weighted by atomic mass is 9.98. The number of hydrogen-bond donors (Lipinski definition) is 1. The van der Waals surface area contributed by atoms with Crippen LogP contribution >= 0.6 is 0 Å². The second kappa shape index (κ2) is 9.48. The van der Waals surface area contributed by atoms with E-state index in [1.54, 1.807) is 0 Å². The highest BCUT2D eigenvalue weighted by Gasteiger charge is 2.34. The van der Waals surface area contributed by atoms with Gasteiger partial charge in [0.25, 0.3) is 5.91 Å². The predicted molar refractivity (Wildman–Crippen MR) is 106 cm³/mol. The zero-order valence-corrected chi connectivity index (χ0v) is 17.4. The third-order valence-electron chi connectivity index (χ3n) is 4.91. The average molecular weight is 453 g/mol. The molecule has 0 aliphatic carbocycles. The Labute approximate surface area is 178 Å². The van der Waals surface area contributed by atoms with Gasteiger partial charge in [-0.15, -0.1) is 0 Å². The lowest BCUT2D eigenvalue weighted by Crippen LogP contribution is -2.41. The molecule has 1 aromatic heterocycles. The number of carbonyl (C=O) groups excluding carboxylic acids is 2. The largest absolute Gasteiger partial charge is 0.452 e. The molecule has 2 aromatic rings. The van der Waals surface area contributed by atoms with E-state index >= 15 is 0 Å². The first-order valence-corrected chi connectivity index (χ1v) is 11.0. The number of esters is 1. The van der Waals surface area contributed by atoms with Gasteiger partial charge >= 0.3 is 5.97 Å². The van der Waals surface area contributed by atoms with Crippen molar-refractivity contribution in [3.8, 4) is 0 Å². The van der Waals surface area contributed by atoms with Gasteiger partial charge in [0.15, 0.2) is 6.10 Å². The van der Waals surface area contributed by atoms with Gasteiger partial charge in [0.05, 0.1) is 11.6 Å². The summed E-state index contributed by atoms with van der Waals surface area (Å²) in [5, 5.41) is 2.24. The van der Waals surface area contributed by atoms with Crippen LogP contribution in [0.3, 0.4) is 0 Å². The fourth-order valence-corrected chi connectivity index (χ4v) is 4.56. The summed E-state index contributed by atoms with van der Waals surface area (Å²) in [6.07, 6.45) is 2.00. The fourth-order valence-electron chi connectivity index (χ4n) is 3.13. The Morgan fingerprint density at radius 2 is 1.94 bits per heavy atom. The second-order valence-corrected chi connectivity index (χ2v) is 9.00. The van der Waals surface area contributed by atoms with Crippen molar-refractivity contribution in [3.05, 3.63) is 54.4 Å². The number of halogens is 2. The van der Waals surface area contributed by atoms with E-state index in [0.29, 0.717) is 6.07 Å². The molecule has 1 amide bonds. The number of benzene rings is 1. The molecule has 0 radical (unpaired) electrons. The first-order chi connectivity index (χ1) is 14.7. The van der Waals surface area contributed by atoms with Gasteiger partial charge in [0.2, 0.25) is 10.0 Å². The maximum Gasteiger partial charge on any atom is 0.309 e. The lowest BCUT2D eigenvalue weighted by Gasteiger charge is -2.30. The molecule has 1 N–H and O–H groups in total. The van der Waals surface area contributed by atoms with Crippen LogP contribution in [0.25, 0.3) is 0 Å². The summed E-state index contributed by atoms with van der Waals surface area (Å²) in [7, 11) is -3.70. The van der Waals surface area contributed by atoms with Gasteiger partial charge in [-0.3, -0.25) is 14.6 Å². The molecule has 2 heterocycles. The van der Waals surface area contributed by atoms with Gasteiger partial charge in [-0.2, -0.15) is 4.31 Å². The average Bonchev–Trinajstić information content (AvgIpc) is 2.76. The summed E-state index contributed by atoms with van der Waals surface area (Å²) in [6, 6.07) is 5.66. The highest BCUT2D eigenvalue weighted by atomic mass is 32.2. The molecular weight excluding hydrogens is 432 g/mol. The van der Waals surface area contributed by atoms with Crippen LogP contribution in [0.2, 0.25) is 0 Å². The highest BCUT2D eigenvalue weighted by Crippen LogP contribution is 2.25. The second-order valence-electron chi connectivity index (χ2n) is 7.06. The van der Waals surface area contributed by atoms with Crippen molar-refractivity contribution in [2.45, 2.75) is 30.8 Å². The monoisotopic (exact) mass is 453 g/mol. The van der Waals surface area contributed by atoms with Gasteiger partial charge in [0, 0.05) is 31.5 Å². The van der Waals surface area contributed by atoms with Crippen LogP contribution in [0.4, 0.5) is 14.5 Å². The number of amides is 1. The van der Waals surface area contributed by atoms with Crippen molar-refractivity contribution in [1.82, 2.24) is 9.29 Å². The summed E-state index contributed by atoms with van der Waals surface area (Å²) in [6.45, 7) is 1.58. The third kappa shape index (κ3) is 5.42. The van der Waals surface area contributed by atoms with Crippen LogP contribution in [0.1, 0.15) is 19.8 Å². The molecular formula is C20H21F2N3O5S. The van der Waals surface area contributed by atoms with Crippen LogP contribution in [-0.4, -0.2) is 48.8 Å². The normalized spacial score (nSPS) is 16.5. The molecule has 3 rings (SSSR count). The van der Waals surface area contributed by atoms with Crippen molar-refractivity contribution in [2.24, 2.45) is 5.92 Å². The number of carbonyl (C=O) groups is 2. The zero-order chi connectivity index (χ0) is 22.6. The fraction of sp³-hybridized carbons (Fsp3) is 0.350. The van der Waals surface area contributed by atoms with Gasteiger partial charge in [0.1, 0.15) is 16.5 Å². The first kappa shape index (κ1) is 22.8. The topological polar surface area (TPSA) is 106 Å². The zero-order valence-electron chi connectivity index (χ0n) is 16.6. The number of hydrogen-bond acceptors (Lipinski definition) is 6. The van der Waals surface area contributed by atoms with Crippen molar-refractivity contribution in [3.63, 3.8) is 0 Å². The van der Waals surface area contributed by atoms with Crippen LogP contribution < -0.4 is 5.32 Å². The molecule has 1 atom stereocenters. The van der Waals surface area contributed by atoms with E-state index in [-0.39, 0.29) is 36.5 Å². The Balaban J connectivity index is 1.53. The lowest BCUT2D eigenvalue weighted by molar-refractivity contribution is -0.158. The summed E-state index contributed by atoms with van der Waals surface area (Å²) in [5.74, 6) is -3.71. The summed E-state index contributed by atoms with van der Waals surface area (Å²) in [4.78, 5) is 28.5. The number of pyridine rings is 1. The Morgan fingerprint density at radius 1 is 1.23 bits per heavy atom. The predicted octanol–water partition coefficient (Wildman–Crippen LogP) is 2.33. The molecule has 166 valence electrons. The van der Waals surface area contributed by atoms with Crippen molar-refractivity contribution < 1.29 is 31.5 Å². The van der Waals surface area contributed by atoms with E-state index in [2.05, 4.69) is 10.3 Å². The van der Waals surface area contributed by atoms with Crippen molar-refractivity contribution in [2.75, 3.05) is 18.4 Å². The molecule has 1 fully saturated rings. The Bertz CT molecular complexity index is 1060. The first-order valence-electron chi connectivity index (χ1n) is 9.55. The summed E-state index contributed by atoms with van der Waals surface area (Å²) < 4.78 is 58.3. The number of nitrogens with one attached hydrogen (secondary N) is 1. The maximum absolute atomic E-state index is 13.7. The number of rotatable bonds is 6. The number of ether oxygens (including phenoxy) is 1. The molecule has 1 unspecified atom stereocenters. The molecule has 1 saturated heterocycles. The van der Waals surface area contributed by atoms with Gasteiger partial charge < -0.3 is 10.1 Å². The third-order valence-corrected chi connectivity index (χ3v) is 6.79. The standard InChI is InChI=1S/C20H21F2N3O5S/c1-13(19(26)24-18-5-4-15(21)11-17(18)22)30-20(27)14-6-9-25(10-7-14)31(28,29)16-3-2-8-23-12-16/h2-5,8,11-14H,6-7,9-10H2,1H3,(H,24,26). The Hall–Kier alpha value is -2.92. The minimum atomic E-state index is -3.70. The Kier molecular flexibility index (Phi) is 6.96. The van der Waals surface area contributed by atoms with Gasteiger partial charge in [-0.1, -0.05) is 0 Å². The van der Waals surface area contributed by atoms with E-state index in [4.69, 9.17) is 4.74 Å². The highest BCUT2D eigenvalue weighted by molar-refractivity contribution is 7.89. The van der Waals surface area contributed by atoms with E-state index in [1.165, 1.54) is 35.8 Å². The number of anilines is 1. The molecule has 11 heteroatoms. The SMILES string of the molecule is CC(OC(=O)C1CCN(S(=O)(=O)c2cccnc2)CC1)C(=O)Nc1ccc(F)cc1F. The van der Waals surface area contributed by atoms with Crippen LogP contribution in [-0.2, 0) is 24.3 Å². The molecule has 0 saturated carbocycles. The van der Waals surface area contributed by atoms with Gasteiger partial charge in [-0.25, -0.2) is 17.2 Å². The minimum absolute atomic E-state index is 0.0781. The number of nitrogens with zero attached hydrogens (tertiary/aromatic N) is 2. The molecule has 0 bridgehead atoms. The number of aromatic nitrogens is 1. The quantitative estimate of drug-likeness (QED) is 0.673. The van der Waals surface area contributed by atoms with Crippen LogP contribution in [0, 0.1) is 17.6 Å². The Morgan fingerprint density at radius 3 is 2.55 bits per heavy atom. The maximum atomic E-state index is 13.7. The van der Waals surface area contributed by atoms with Crippen LogP contribution in [0.5, 0.6) is 0 Å². The molecule has 1 aromatic carbocycles. The van der Waals surface area contributed by atoms with Gasteiger partial charge in [-0.05, 0) is 44.0 Å². The molecule has 8 nitrogen and oxygen atoms in total. The molecule has 31 heavy (non-hydrogen) atoms. The summed E-state index contributed by atoms with van der Waals surface area (Å²) >= 11 is 0. The van der Waals surface area contributed by atoms with Crippen molar-refractivity contribution in [1.29, 1.82) is 0 Å². The van der Waals surface area contributed by atoms with E-state index in [0.717, 1.165) is 12.1 Å². The number of piperidine rings is 1. The smallest absolute Gasteiger partial charge is 0.309 e. The molecule has 1 aliphatic heterocycles. The molecule has 0 spiro atoms. The minimum Gasteiger partial charge on any atom is -0.452 e.